The third-order valence-corrected chi connectivity index (χ3v) is 7.50. The highest BCUT2D eigenvalue weighted by atomic mass is 35.5. The number of halogens is 2. The molecule has 1 amide bonds. The van der Waals surface area contributed by atoms with Gasteiger partial charge in [0.25, 0.3) is 0 Å². The van der Waals surface area contributed by atoms with Gasteiger partial charge in [0.2, 0.25) is 11.9 Å². The number of nitrogens with two attached hydrogens (primary N) is 1. The molecule has 0 unspecified atom stereocenters. The molecule has 0 spiro atoms. The van der Waals surface area contributed by atoms with Crippen LogP contribution >= 0.6 is 23.2 Å². The summed E-state index contributed by atoms with van der Waals surface area (Å²) in [6, 6.07) is 10.9. The van der Waals surface area contributed by atoms with Gasteiger partial charge in [-0.2, -0.15) is 9.97 Å². The fourth-order valence-electron chi connectivity index (χ4n) is 5.04. The molecule has 2 aromatic carbocycles. The van der Waals surface area contributed by atoms with Gasteiger partial charge in [-0.15, -0.1) is 0 Å². The number of rotatable bonds is 5. The van der Waals surface area contributed by atoms with Gasteiger partial charge in [0.15, 0.2) is 5.65 Å². The maximum Gasteiger partial charge on any atom is 0.355 e. The zero-order chi connectivity index (χ0) is 28.1. The Kier molecular flexibility index (Phi) is 6.96. The summed E-state index contributed by atoms with van der Waals surface area (Å²) >= 11 is 12.6. The van der Waals surface area contributed by atoms with E-state index in [1.165, 1.54) is 6.20 Å². The topological polar surface area (TPSA) is 122 Å². The Hall–Kier alpha value is -3.73. The number of nitrogens with one attached hydrogen (secondary N) is 1. The van der Waals surface area contributed by atoms with Crippen LogP contribution in [0.4, 0.5) is 17.5 Å². The smallest absolute Gasteiger partial charge is 0.355 e. The molecule has 4 aromatic rings. The summed E-state index contributed by atoms with van der Waals surface area (Å²) in [5.74, 6) is 0.445. The van der Waals surface area contributed by atoms with Gasteiger partial charge in [0.05, 0.1) is 33.2 Å². The Labute approximate surface area is 235 Å². The predicted octanol–water partition coefficient (Wildman–Crippen LogP) is 3.99. The number of anilines is 3. The molecule has 1 aliphatic rings. The fourth-order valence-corrected chi connectivity index (χ4v) is 5.60. The minimum Gasteiger partial charge on any atom is -0.384 e. The van der Waals surface area contributed by atoms with Crippen LogP contribution in [-0.4, -0.2) is 62.4 Å². The Bertz CT molecular complexity index is 1650. The van der Waals surface area contributed by atoms with E-state index in [1.54, 1.807) is 18.2 Å². The van der Waals surface area contributed by atoms with Crippen LogP contribution in [0.15, 0.2) is 47.4 Å². The van der Waals surface area contributed by atoms with Gasteiger partial charge in [0.1, 0.15) is 5.82 Å². The van der Waals surface area contributed by atoms with E-state index in [-0.39, 0.29) is 39.1 Å². The summed E-state index contributed by atoms with van der Waals surface area (Å²) in [5, 5.41) is 4.10. The highest BCUT2D eigenvalue weighted by Crippen LogP contribution is 2.37. The molecule has 0 saturated carbocycles. The number of nitrogens with zero attached hydrogens (tertiary/aromatic N) is 6. The van der Waals surface area contributed by atoms with Crippen molar-refractivity contribution >= 4 is 57.6 Å². The first-order chi connectivity index (χ1) is 18.5. The Morgan fingerprint density at radius 3 is 2.56 bits per heavy atom. The molecule has 202 valence electrons. The van der Waals surface area contributed by atoms with E-state index < -0.39 is 11.2 Å². The van der Waals surface area contributed by atoms with E-state index in [4.69, 9.17) is 28.9 Å². The average molecular weight is 567 g/mol. The van der Waals surface area contributed by atoms with Gasteiger partial charge in [-0.3, -0.25) is 4.79 Å². The fraction of sp³-hybridized carbons (Fsp3) is 0.296. The molecule has 0 saturated heterocycles. The number of para-hydroxylation sites is 1. The van der Waals surface area contributed by atoms with E-state index in [2.05, 4.69) is 34.1 Å². The van der Waals surface area contributed by atoms with Crippen LogP contribution in [0.2, 0.25) is 10.0 Å². The number of carbonyl (C=O) groups excluding carboxylic acids is 1. The van der Waals surface area contributed by atoms with Crippen molar-refractivity contribution in [3.8, 4) is 5.69 Å². The van der Waals surface area contributed by atoms with Crippen LogP contribution in [0.5, 0.6) is 0 Å². The molecule has 12 heteroatoms. The quantitative estimate of drug-likeness (QED) is 0.371. The SMILES string of the molecule is CN(C)CC(=O)N1CCc2cc(Nc3ncc4c(N)n(-c5c(Cl)cccc5Cl)c(=O)nc4n3)ccc2C1(C)C. The normalized spacial score (nSPS) is 14.5. The van der Waals surface area contributed by atoms with Crippen molar-refractivity contribution in [2.75, 3.05) is 38.2 Å². The minimum absolute atomic E-state index is 0.0796. The molecule has 0 atom stereocenters. The van der Waals surface area contributed by atoms with Crippen LogP contribution in [0.3, 0.4) is 0 Å². The number of nitrogen functional groups attached to an aromatic ring is 1. The van der Waals surface area contributed by atoms with Gasteiger partial charge in [-0.05, 0) is 69.8 Å². The number of amides is 1. The molecule has 2 aromatic heterocycles. The standard InChI is InChI=1S/C27H28Cl2N8O2/c1-27(2)18-9-8-16(12-15(18)10-11-36(27)21(38)14-35(3)4)32-25-31-13-17-23(30)37(26(39)34-24(17)33-25)22-19(28)6-5-7-20(22)29/h5-9,12-13H,10-11,14,30H2,1-4H3,(H,32,33,34,39). The Balaban J connectivity index is 1.44. The average Bonchev–Trinajstić information content (AvgIpc) is 2.85. The van der Waals surface area contributed by atoms with Gasteiger partial charge >= 0.3 is 5.69 Å². The number of aromatic nitrogens is 4. The molecular weight excluding hydrogens is 539 g/mol. The summed E-state index contributed by atoms with van der Waals surface area (Å²) in [7, 11) is 3.78. The predicted molar refractivity (Wildman–Crippen MR) is 154 cm³/mol. The first-order valence-corrected chi connectivity index (χ1v) is 13.1. The van der Waals surface area contributed by atoms with Gasteiger partial charge in [-0.1, -0.05) is 35.3 Å². The summed E-state index contributed by atoms with van der Waals surface area (Å²) in [6.07, 6.45) is 2.23. The highest BCUT2D eigenvalue weighted by molar-refractivity contribution is 6.37. The lowest BCUT2D eigenvalue weighted by Crippen LogP contribution is -2.52. The van der Waals surface area contributed by atoms with Crippen molar-refractivity contribution < 1.29 is 4.79 Å². The van der Waals surface area contributed by atoms with Gasteiger partial charge in [0, 0.05) is 18.4 Å². The number of fused-ring (bicyclic) bond motifs is 2. The molecule has 5 rings (SSSR count). The van der Waals surface area contributed by atoms with Gasteiger partial charge in [-0.25, -0.2) is 14.3 Å². The molecule has 0 aliphatic carbocycles. The maximum atomic E-state index is 12.9. The second kappa shape index (κ2) is 10.1. The van der Waals surface area contributed by atoms with Crippen molar-refractivity contribution in [2.45, 2.75) is 25.8 Å². The van der Waals surface area contributed by atoms with Crippen molar-refractivity contribution in [1.82, 2.24) is 29.3 Å². The molecular formula is C27H28Cl2N8O2. The molecule has 0 bridgehead atoms. The lowest BCUT2D eigenvalue weighted by atomic mass is 9.83. The monoisotopic (exact) mass is 566 g/mol. The first-order valence-electron chi connectivity index (χ1n) is 12.3. The first kappa shape index (κ1) is 26.9. The summed E-state index contributed by atoms with van der Waals surface area (Å²) in [4.78, 5) is 42.5. The zero-order valence-electron chi connectivity index (χ0n) is 22.0. The molecule has 10 nitrogen and oxygen atoms in total. The molecule has 3 heterocycles. The van der Waals surface area contributed by atoms with E-state index >= 15 is 0 Å². The van der Waals surface area contributed by atoms with Crippen LogP contribution in [0, 0.1) is 0 Å². The summed E-state index contributed by atoms with van der Waals surface area (Å²) < 4.78 is 1.15. The Morgan fingerprint density at radius 2 is 1.87 bits per heavy atom. The Morgan fingerprint density at radius 1 is 1.15 bits per heavy atom. The van der Waals surface area contributed by atoms with E-state index in [1.807, 2.05) is 42.1 Å². The van der Waals surface area contributed by atoms with Crippen LogP contribution in [-0.2, 0) is 16.8 Å². The third-order valence-electron chi connectivity index (χ3n) is 6.89. The molecule has 0 radical (unpaired) electrons. The van der Waals surface area contributed by atoms with Crippen molar-refractivity contribution in [2.24, 2.45) is 0 Å². The van der Waals surface area contributed by atoms with E-state index in [0.29, 0.717) is 18.5 Å². The summed E-state index contributed by atoms with van der Waals surface area (Å²) in [5.41, 5.74) is 8.63. The van der Waals surface area contributed by atoms with Crippen LogP contribution < -0.4 is 16.7 Å². The number of benzene rings is 2. The van der Waals surface area contributed by atoms with E-state index in [0.717, 1.165) is 27.8 Å². The number of carbonyl (C=O) groups is 1. The second-order valence-corrected chi connectivity index (χ2v) is 11.0. The van der Waals surface area contributed by atoms with Gasteiger partial charge < -0.3 is 20.9 Å². The lowest BCUT2D eigenvalue weighted by molar-refractivity contribution is -0.138. The lowest BCUT2D eigenvalue weighted by Gasteiger charge is -2.44. The van der Waals surface area contributed by atoms with Crippen molar-refractivity contribution in [3.05, 3.63) is 74.3 Å². The zero-order valence-corrected chi connectivity index (χ0v) is 23.5. The van der Waals surface area contributed by atoms with E-state index in [9.17, 15) is 9.59 Å². The highest BCUT2D eigenvalue weighted by Gasteiger charge is 2.37. The number of likely N-dealkylation sites (N-methyl/N-ethyl adjacent to an activating group) is 1. The van der Waals surface area contributed by atoms with Crippen molar-refractivity contribution in [3.63, 3.8) is 0 Å². The third kappa shape index (κ3) is 4.91. The molecule has 1 aliphatic heterocycles. The van der Waals surface area contributed by atoms with Crippen LogP contribution in [0.1, 0.15) is 25.0 Å². The molecule has 3 N–H and O–H groups in total. The summed E-state index contributed by atoms with van der Waals surface area (Å²) in [6.45, 7) is 5.13. The second-order valence-electron chi connectivity index (χ2n) is 10.2. The largest absolute Gasteiger partial charge is 0.384 e. The maximum absolute atomic E-state index is 12.9. The van der Waals surface area contributed by atoms with Crippen LogP contribution in [0.25, 0.3) is 16.7 Å². The number of hydrogen-bond acceptors (Lipinski definition) is 8. The van der Waals surface area contributed by atoms with Crippen molar-refractivity contribution in [1.29, 1.82) is 0 Å². The molecule has 39 heavy (non-hydrogen) atoms. The minimum atomic E-state index is -0.663. The molecule has 0 fully saturated rings. The number of hydrogen-bond donors (Lipinski definition) is 2.